The minimum Gasteiger partial charge on any atom is -0.354 e. The second-order valence-electron chi connectivity index (χ2n) is 6.29. The van der Waals surface area contributed by atoms with Gasteiger partial charge >= 0.3 is 0 Å². The summed E-state index contributed by atoms with van der Waals surface area (Å²) in [6.45, 7) is 4.78. The number of likely N-dealkylation sites (N-methyl/N-ethyl adjacent to an activating group) is 1. The first-order valence-electron chi connectivity index (χ1n) is 8.25. The molecule has 3 heterocycles. The van der Waals surface area contributed by atoms with Crippen molar-refractivity contribution in [2.75, 3.05) is 44.7 Å². The van der Waals surface area contributed by atoms with E-state index in [9.17, 15) is 4.79 Å². The van der Waals surface area contributed by atoms with Gasteiger partial charge in [0.15, 0.2) is 5.82 Å². The topological polar surface area (TPSA) is 52.6 Å². The standard InChI is InChI=1S/C16H25N5O/c1-19(11-12-20-9-4-7-16(20)22)14-5-3-10-21(13-14)15-6-2-8-17-18-15/h2,6,8,14H,3-5,7,9-13H2,1H3. The third-order valence-electron chi connectivity index (χ3n) is 4.80. The van der Waals surface area contributed by atoms with Crippen LogP contribution in [0.2, 0.25) is 0 Å². The number of nitrogens with zero attached hydrogens (tertiary/aromatic N) is 5. The number of anilines is 1. The molecule has 120 valence electrons. The highest BCUT2D eigenvalue weighted by atomic mass is 16.2. The number of carbonyl (C=O) groups is 1. The Hall–Kier alpha value is -1.69. The summed E-state index contributed by atoms with van der Waals surface area (Å²) in [4.78, 5) is 18.4. The number of amides is 1. The van der Waals surface area contributed by atoms with Crippen molar-refractivity contribution in [1.82, 2.24) is 20.0 Å². The Morgan fingerprint density at radius 3 is 3.00 bits per heavy atom. The zero-order valence-electron chi connectivity index (χ0n) is 13.3. The quantitative estimate of drug-likeness (QED) is 0.812. The van der Waals surface area contributed by atoms with E-state index in [0.717, 1.165) is 51.4 Å². The molecule has 0 bridgehead atoms. The van der Waals surface area contributed by atoms with Crippen molar-refractivity contribution in [2.24, 2.45) is 0 Å². The lowest BCUT2D eigenvalue weighted by Crippen LogP contribution is -2.48. The summed E-state index contributed by atoms with van der Waals surface area (Å²) in [6.07, 6.45) is 5.85. The molecule has 0 spiro atoms. The first-order valence-corrected chi connectivity index (χ1v) is 8.25. The average Bonchev–Trinajstić information content (AvgIpc) is 2.99. The van der Waals surface area contributed by atoms with Gasteiger partial charge in [0.1, 0.15) is 0 Å². The third kappa shape index (κ3) is 3.55. The monoisotopic (exact) mass is 303 g/mol. The maximum absolute atomic E-state index is 11.7. The maximum Gasteiger partial charge on any atom is 0.222 e. The lowest BCUT2D eigenvalue weighted by atomic mass is 10.0. The summed E-state index contributed by atoms with van der Waals surface area (Å²) < 4.78 is 0. The molecule has 0 aromatic carbocycles. The minimum atomic E-state index is 0.318. The molecule has 1 atom stereocenters. The normalized spacial score (nSPS) is 22.6. The molecule has 0 aliphatic carbocycles. The number of hydrogen-bond acceptors (Lipinski definition) is 5. The van der Waals surface area contributed by atoms with Crippen LogP contribution in [0.15, 0.2) is 18.3 Å². The van der Waals surface area contributed by atoms with E-state index in [1.54, 1.807) is 6.20 Å². The number of hydrogen-bond donors (Lipinski definition) is 0. The lowest BCUT2D eigenvalue weighted by Gasteiger charge is -2.38. The smallest absolute Gasteiger partial charge is 0.222 e. The van der Waals surface area contributed by atoms with Crippen molar-refractivity contribution in [2.45, 2.75) is 31.7 Å². The molecule has 2 fully saturated rings. The number of rotatable bonds is 5. The minimum absolute atomic E-state index is 0.318. The van der Waals surface area contributed by atoms with E-state index < -0.39 is 0 Å². The van der Waals surface area contributed by atoms with E-state index >= 15 is 0 Å². The van der Waals surface area contributed by atoms with Crippen molar-refractivity contribution in [1.29, 1.82) is 0 Å². The number of aromatic nitrogens is 2. The first-order chi connectivity index (χ1) is 10.7. The molecular weight excluding hydrogens is 278 g/mol. The molecule has 2 aliphatic rings. The van der Waals surface area contributed by atoms with Crippen molar-refractivity contribution in [3.63, 3.8) is 0 Å². The molecule has 22 heavy (non-hydrogen) atoms. The van der Waals surface area contributed by atoms with Crippen LogP contribution in [-0.2, 0) is 4.79 Å². The van der Waals surface area contributed by atoms with Gasteiger partial charge in [-0.25, -0.2) is 0 Å². The van der Waals surface area contributed by atoms with Gasteiger partial charge < -0.3 is 9.80 Å². The summed E-state index contributed by atoms with van der Waals surface area (Å²) in [5.41, 5.74) is 0. The zero-order chi connectivity index (χ0) is 15.4. The Morgan fingerprint density at radius 1 is 1.36 bits per heavy atom. The van der Waals surface area contributed by atoms with Gasteiger partial charge in [0.25, 0.3) is 0 Å². The van der Waals surface area contributed by atoms with E-state index in [2.05, 4.69) is 27.0 Å². The van der Waals surface area contributed by atoms with Crippen LogP contribution in [0, 0.1) is 0 Å². The SMILES string of the molecule is CN(CCN1CCCC1=O)C1CCCN(c2cccnn2)C1. The van der Waals surface area contributed by atoms with E-state index in [4.69, 9.17) is 0 Å². The van der Waals surface area contributed by atoms with Crippen LogP contribution in [0.5, 0.6) is 0 Å². The molecular formula is C16H25N5O. The fourth-order valence-corrected chi connectivity index (χ4v) is 3.39. The molecule has 1 unspecified atom stereocenters. The van der Waals surface area contributed by atoms with Crippen molar-refractivity contribution in [3.8, 4) is 0 Å². The van der Waals surface area contributed by atoms with Gasteiger partial charge in [-0.3, -0.25) is 9.69 Å². The third-order valence-corrected chi connectivity index (χ3v) is 4.80. The molecule has 2 saturated heterocycles. The Labute approximate surface area is 132 Å². The number of piperidine rings is 1. The Balaban J connectivity index is 1.51. The van der Waals surface area contributed by atoms with E-state index in [1.165, 1.54) is 12.8 Å². The highest BCUT2D eigenvalue weighted by Crippen LogP contribution is 2.19. The lowest BCUT2D eigenvalue weighted by molar-refractivity contribution is -0.127. The van der Waals surface area contributed by atoms with E-state index in [-0.39, 0.29) is 0 Å². The van der Waals surface area contributed by atoms with Gasteiger partial charge in [-0.05, 0) is 38.4 Å². The van der Waals surface area contributed by atoms with Crippen LogP contribution < -0.4 is 4.90 Å². The van der Waals surface area contributed by atoms with Crippen molar-refractivity contribution in [3.05, 3.63) is 18.3 Å². The largest absolute Gasteiger partial charge is 0.354 e. The predicted octanol–water partition coefficient (Wildman–Crippen LogP) is 1.000. The fourth-order valence-electron chi connectivity index (χ4n) is 3.39. The Bertz CT molecular complexity index is 495. The van der Waals surface area contributed by atoms with Crippen molar-refractivity contribution >= 4 is 11.7 Å². The number of likely N-dealkylation sites (tertiary alicyclic amines) is 1. The van der Waals surface area contributed by atoms with Crippen LogP contribution in [0.3, 0.4) is 0 Å². The van der Waals surface area contributed by atoms with Crippen LogP contribution in [0.4, 0.5) is 5.82 Å². The fraction of sp³-hybridized carbons (Fsp3) is 0.688. The summed E-state index contributed by atoms with van der Waals surface area (Å²) in [5.74, 6) is 1.29. The summed E-state index contributed by atoms with van der Waals surface area (Å²) >= 11 is 0. The van der Waals surface area contributed by atoms with Gasteiger partial charge in [0.2, 0.25) is 5.91 Å². The molecule has 1 aromatic heterocycles. The summed E-state index contributed by atoms with van der Waals surface area (Å²) in [5, 5.41) is 8.20. The van der Waals surface area contributed by atoms with Gasteiger partial charge in [-0.2, -0.15) is 5.10 Å². The van der Waals surface area contributed by atoms with Crippen molar-refractivity contribution < 1.29 is 4.79 Å². The molecule has 2 aliphatic heterocycles. The molecule has 1 amide bonds. The molecule has 0 N–H and O–H groups in total. The van der Waals surface area contributed by atoms with E-state index in [1.807, 2.05) is 17.0 Å². The average molecular weight is 303 g/mol. The van der Waals surface area contributed by atoms with E-state index in [0.29, 0.717) is 11.9 Å². The highest BCUT2D eigenvalue weighted by molar-refractivity contribution is 5.78. The van der Waals surface area contributed by atoms with Gasteiger partial charge in [-0.15, -0.1) is 5.10 Å². The van der Waals surface area contributed by atoms with Crippen LogP contribution in [0.25, 0.3) is 0 Å². The second-order valence-corrected chi connectivity index (χ2v) is 6.29. The summed E-state index contributed by atoms with van der Waals surface area (Å²) in [7, 11) is 2.17. The predicted molar refractivity (Wildman–Crippen MR) is 85.7 cm³/mol. The molecule has 0 saturated carbocycles. The van der Waals surface area contributed by atoms with Crippen LogP contribution >= 0.6 is 0 Å². The Kier molecular flexibility index (Phi) is 4.87. The molecule has 6 heteroatoms. The van der Waals surface area contributed by atoms with Crippen LogP contribution in [0.1, 0.15) is 25.7 Å². The zero-order valence-corrected chi connectivity index (χ0v) is 13.3. The molecule has 0 radical (unpaired) electrons. The maximum atomic E-state index is 11.7. The first kappa shape index (κ1) is 15.2. The summed E-state index contributed by atoms with van der Waals surface area (Å²) in [6, 6.07) is 4.49. The second kappa shape index (κ2) is 7.05. The Morgan fingerprint density at radius 2 is 2.27 bits per heavy atom. The number of carbonyl (C=O) groups excluding carboxylic acids is 1. The van der Waals surface area contributed by atoms with Gasteiger partial charge in [0.05, 0.1) is 0 Å². The molecule has 3 rings (SSSR count). The van der Waals surface area contributed by atoms with Crippen LogP contribution in [-0.4, -0.2) is 71.7 Å². The van der Waals surface area contributed by atoms with Gasteiger partial charge in [0, 0.05) is 51.4 Å². The highest BCUT2D eigenvalue weighted by Gasteiger charge is 2.25. The molecule has 1 aromatic rings. The van der Waals surface area contributed by atoms with Gasteiger partial charge in [-0.1, -0.05) is 0 Å². The molecule has 6 nitrogen and oxygen atoms in total.